The zero-order valence-corrected chi connectivity index (χ0v) is 11.9. The van der Waals surface area contributed by atoms with Crippen molar-refractivity contribution >= 4 is 33.4 Å². The quantitative estimate of drug-likeness (QED) is 0.741. The molecule has 0 atom stereocenters. The van der Waals surface area contributed by atoms with Crippen molar-refractivity contribution in [1.82, 2.24) is 5.16 Å². The fraction of sp³-hybridized carbons (Fsp3) is 0. The van der Waals surface area contributed by atoms with Crippen molar-refractivity contribution in [3.8, 4) is 22.6 Å². The summed E-state index contributed by atoms with van der Waals surface area (Å²) in [7, 11) is 0. The van der Waals surface area contributed by atoms with Crippen LogP contribution in [0.2, 0.25) is 5.02 Å². The summed E-state index contributed by atoms with van der Waals surface area (Å²) in [5.41, 5.74) is 7.96. The largest absolute Gasteiger partial charge is 0.448 e. The normalized spacial score (nSPS) is 10.8. The maximum Gasteiger partial charge on any atom is 0.230 e. The standard InChI is InChI=1S/C13H8BrClN2O2/c14-10-6-5-9(18-10)12-11(13(16)19-17-12)7-1-3-8(15)4-2-7/h1-6H,16H2. The predicted octanol–water partition coefficient (Wildman–Crippen LogP) is 4.60. The molecule has 0 bridgehead atoms. The number of nitrogens with zero attached hydrogens (tertiary/aromatic N) is 1. The van der Waals surface area contributed by atoms with E-state index in [0.717, 1.165) is 5.56 Å². The maximum absolute atomic E-state index is 5.88. The Kier molecular flexibility index (Phi) is 3.08. The van der Waals surface area contributed by atoms with Crippen molar-refractivity contribution in [3.63, 3.8) is 0 Å². The van der Waals surface area contributed by atoms with E-state index in [1.165, 1.54) is 0 Å². The number of furan rings is 1. The molecule has 0 amide bonds. The monoisotopic (exact) mass is 338 g/mol. The molecule has 0 spiro atoms. The van der Waals surface area contributed by atoms with Crippen LogP contribution in [0.1, 0.15) is 0 Å². The molecule has 0 fully saturated rings. The molecule has 2 aromatic heterocycles. The number of benzene rings is 1. The summed E-state index contributed by atoms with van der Waals surface area (Å²) in [6.07, 6.45) is 0. The third kappa shape index (κ3) is 2.27. The van der Waals surface area contributed by atoms with Crippen molar-refractivity contribution in [2.75, 3.05) is 5.73 Å². The van der Waals surface area contributed by atoms with Crippen LogP contribution in [0.25, 0.3) is 22.6 Å². The van der Waals surface area contributed by atoms with Gasteiger partial charge in [0.15, 0.2) is 16.1 Å². The Balaban J connectivity index is 2.16. The average Bonchev–Trinajstić information content (AvgIpc) is 2.97. The molecular formula is C13H8BrClN2O2. The Morgan fingerprint density at radius 2 is 1.84 bits per heavy atom. The van der Waals surface area contributed by atoms with Gasteiger partial charge in [0.05, 0.1) is 5.56 Å². The predicted molar refractivity (Wildman–Crippen MR) is 76.8 cm³/mol. The Morgan fingerprint density at radius 3 is 2.47 bits per heavy atom. The van der Waals surface area contributed by atoms with Crippen molar-refractivity contribution in [3.05, 3.63) is 46.1 Å². The van der Waals surface area contributed by atoms with E-state index in [1.54, 1.807) is 24.3 Å². The second kappa shape index (κ2) is 4.75. The molecule has 0 saturated heterocycles. The van der Waals surface area contributed by atoms with Gasteiger partial charge in [-0.3, -0.25) is 0 Å². The molecule has 0 unspecified atom stereocenters. The van der Waals surface area contributed by atoms with Crippen LogP contribution in [0.3, 0.4) is 0 Å². The first-order valence-electron chi connectivity index (χ1n) is 5.42. The van der Waals surface area contributed by atoms with E-state index >= 15 is 0 Å². The summed E-state index contributed by atoms with van der Waals surface area (Å²) in [5.74, 6) is 0.821. The van der Waals surface area contributed by atoms with Gasteiger partial charge >= 0.3 is 0 Å². The van der Waals surface area contributed by atoms with E-state index in [4.69, 9.17) is 26.3 Å². The van der Waals surface area contributed by atoms with Crippen LogP contribution in [0.5, 0.6) is 0 Å². The molecule has 1 aromatic carbocycles. The van der Waals surface area contributed by atoms with Crippen LogP contribution in [0.4, 0.5) is 5.88 Å². The lowest BCUT2D eigenvalue weighted by Gasteiger charge is -2.00. The van der Waals surface area contributed by atoms with Crippen LogP contribution in [0, 0.1) is 0 Å². The van der Waals surface area contributed by atoms with Gasteiger partial charge in [0.25, 0.3) is 0 Å². The van der Waals surface area contributed by atoms with Crippen molar-refractivity contribution < 1.29 is 8.94 Å². The summed E-state index contributed by atoms with van der Waals surface area (Å²) < 4.78 is 11.2. The number of halogens is 2. The molecule has 3 aromatic rings. The van der Waals surface area contributed by atoms with Crippen LogP contribution >= 0.6 is 27.5 Å². The highest BCUT2D eigenvalue weighted by Crippen LogP contribution is 2.37. The number of rotatable bonds is 2. The minimum atomic E-state index is 0.241. The van der Waals surface area contributed by atoms with E-state index in [2.05, 4.69) is 21.1 Å². The Morgan fingerprint density at radius 1 is 1.11 bits per heavy atom. The van der Waals surface area contributed by atoms with Crippen LogP contribution in [0.15, 0.2) is 50.0 Å². The van der Waals surface area contributed by atoms with Gasteiger partial charge in [-0.25, -0.2) is 0 Å². The van der Waals surface area contributed by atoms with E-state index < -0.39 is 0 Å². The average molecular weight is 340 g/mol. The zero-order valence-electron chi connectivity index (χ0n) is 9.56. The number of hydrogen-bond donors (Lipinski definition) is 1. The molecule has 2 N–H and O–H groups in total. The second-order valence-electron chi connectivity index (χ2n) is 3.88. The molecule has 4 nitrogen and oxygen atoms in total. The lowest BCUT2D eigenvalue weighted by atomic mass is 10.0. The molecule has 0 aliphatic rings. The number of hydrogen-bond acceptors (Lipinski definition) is 4. The topological polar surface area (TPSA) is 65.2 Å². The van der Waals surface area contributed by atoms with Crippen molar-refractivity contribution in [2.24, 2.45) is 0 Å². The van der Waals surface area contributed by atoms with E-state index in [-0.39, 0.29) is 5.88 Å². The van der Waals surface area contributed by atoms with Crippen LogP contribution in [-0.4, -0.2) is 5.16 Å². The molecule has 6 heteroatoms. The summed E-state index contributed by atoms with van der Waals surface area (Å²) >= 11 is 9.13. The molecule has 2 heterocycles. The lowest BCUT2D eigenvalue weighted by Crippen LogP contribution is -1.86. The smallest absolute Gasteiger partial charge is 0.230 e. The van der Waals surface area contributed by atoms with Gasteiger partial charge in [-0.1, -0.05) is 28.9 Å². The van der Waals surface area contributed by atoms with E-state index in [9.17, 15) is 0 Å². The summed E-state index contributed by atoms with van der Waals surface area (Å²) in [6, 6.07) is 10.8. The first-order valence-corrected chi connectivity index (χ1v) is 6.59. The van der Waals surface area contributed by atoms with Crippen LogP contribution < -0.4 is 5.73 Å². The van der Waals surface area contributed by atoms with Gasteiger partial charge in [0.1, 0.15) is 0 Å². The van der Waals surface area contributed by atoms with Gasteiger partial charge in [-0.05, 0) is 45.8 Å². The lowest BCUT2D eigenvalue weighted by molar-refractivity contribution is 0.435. The summed E-state index contributed by atoms with van der Waals surface area (Å²) in [6.45, 7) is 0. The Bertz CT molecular complexity index is 719. The Hall–Kier alpha value is -1.72. The van der Waals surface area contributed by atoms with Gasteiger partial charge in [0, 0.05) is 5.02 Å². The zero-order chi connectivity index (χ0) is 13.4. The van der Waals surface area contributed by atoms with E-state index in [0.29, 0.717) is 26.7 Å². The third-order valence-electron chi connectivity index (χ3n) is 2.66. The molecule has 96 valence electrons. The van der Waals surface area contributed by atoms with Gasteiger partial charge in [-0.15, -0.1) is 0 Å². The molecule has 0 aliphatic carbocycles. The van der Waals surface area contributed by atoms with Gasteiger partial charge in [-0.2, -0.15) is 0 Å². The highest BCUT2D eigenvalue weighted by Gasteiger charge is 2.19. The van der Waals surface area contributed by atoms with Gasteiger partial charge < -0.3 is 14.7 Å². The minimum Gasteiger partial charge on any atom is -0.448 e. The first kappa shape index (κ1) is 12.3. The highest BCUT2D eigenvalue weighted by atomic mass is 79.9. The molecular weight excluding hydrogens is 332 g/mol. The number of nitrogen functional groups attached to an aromatic ring is 1. The molecule has 19 heavy (non-hydrogen) atoms. The van der Waals surface area contributed by atoms with Crippen molar-refractivity contribution in [1.29, 1.82) is 0 Å². The number of anilines is 1. The molecule has 0 radical (unpaired) electrons. The second-order valence-corrected chi connectivity index (χ2v) is 5.10. The third-order valence-corrected chi connectivity index (χ3v) is 3.34. The number of nitrogens with two attached hydrogens (primary N) is 1. The summed E-state index contributed by atoms with van der Waals surface area (Å²) in [5, 5.41) is 4.60. The minimum absolute atomic E-state index is 0.241. The number of aromatic nitrogens is 1. The van der Waals surface area contributed by atoms with Crippen LogP contribution in [-0.2, 0) is 0 Å². The first-order chi connectivity index (χ1) is 9.15. The fourth-order valence-corrected chi connectivity index (χ4v) is 2.24. The van der Waals surface area contributed by atoms with Crippen molar-refractivity contribution in [2.45, 2.75) is 0 Å². The molecule has 3 rings (SSSR count). The fourth-order valence-electron chi connectivity index (χ4n) is 1.81. The summed E-state index contributed by atoms with van der Waals surface area (Å²) in [4.78, 5) is 0. The van der Waals surface area contributed by atoms with E-state index in [1.807, 2.05) is 12.1 Å². The molecule has 0 saturated carbocycles. The maximum atomic E-state index is 5.88. The SMILES string of the molecule is Nc1onc(-c2ccc(Br)o2)c1-c1ccc(Cl)cc1. The molecule has 0 aliphatic heterocycles. The highest BCUT2D eigenvalue weighted by molar-refractivity contribution is 9.10. The Labute approximate surface area is 122 Å². The van der Waals surface area contributed by atoms with Gasteiger partial charge in [0.2, 0.25) is 5.88 Å².